The van der Waals surface area contributed by atoms with Crippen molar-refractivity contribution in [2.45, 2.75) is 97.2 Å². The zero-order valence-electron chi connectivity index (χ0n) is 21.2. The number of allylic oxidation sites excluding steroid dienone is 6. The van der Waals surface area contributed by atoms with E-state index in [1.54, 1.807) is 6.08 Å². The summed E-state index contributed by atoms with van der Waals surface area (Å²) in [6.45, 7) is 12.8. The molecule has 2 aliphatic carbocycles. The van der Waals surface area contributed by atoms with Crippen molar-refractivity contribution in [2.24, 2.45) is 5.41 Å². The number of aliphatic hydroxyl groups is 2. The van der Waals surface area contributed by atoms with Crippen molar-refractivity contribution in [1.29, 1.82) is 0 Å². The van der Waals surface area contributed by atoms with E-state index in [2.05, 4.69) is 40.3 Å². The van der Waals surface area contributed by atoms with Gasteiger partial charge >= 0.3 is 0 Å². The van der Waals surface area contributed by atoms with E-state index >= 15 is 0 Å². The molecule has 0 aromatic carbocycles. The Kier molecular flexibility index (Phi) is 7.99. The second-order valence-electron chi connectivity index (χ2n) is 10.9. The minimum Gasteiger partial charge on any atom is -0.388 e. The van der Waals surface area contributed by atoms with Gasteiger partial charge in [0, 0.05) is 35.0 Å². The van der Waals surface area contributed by atoms with Crippen LogP contribution in [0.4, 0.5) is 8.78 Å². The average molecular weight is 472 g/mol. The summed E-state index contributed by atoms with van der Waals surface area (Å²) in [5, 5.41) is 22.6. The van der Waals surface area contributed by atoms with Gasteiger partial charge in [-0.15, -0.1) is 0 Å². The van der Waals surface area contributed by atoms with Gasteiger partial charge in [0.2, 0.25) is 0 Å². The van der Waals surface area contributed by atoms with E-state index < -0.39 is 18.1 Å². The molecule has 2 unspecified atom stereocenters. The number of rotatable bonds is 8. The lowest BCUT2D eigenvalue weighted by Gasteiger charge is -2.37. The molecule has 0 saturated carbocycles. The summed E-state index contributed by atoms with van der Waals surface area (Å²) >= 11 is 0. The second-order valence-corrected chi connectivity index (χ2v) is 10.9. The van der Waals surface area contributed by atoms with Crippen LogP contribution in [0, 0.1) is 5.41 Å². The van der Waals surface area contributed by atoms with Crippen LogP contribution in [0.3, 0.4) is 0 Å². The fourth-order valence-corrected chi connectivity index (χ4v) is 5.27. The molecule has 3 nitrogen and oxygen atoms in total. The number of halogens is 2. The Balaban J connectivity index is 2.12. The molecule has 1 aromatic rings. The van der Waals surface area contributed by atoms with E-state index in [1.165, 1.54) is 18.2 Å². The normalized spacial score (nSPS) is 21.6. The van der Waals surface area contributed by atoms with E-state index in [1.807, 2.05) is 0 Å². The number of aliphatic hydroxyl groups excluding tert-OH is 2. The monoisotopic (exact) mass is 471 g/mol. The molecule has 34 heavy (non-hydrogen) atoms. The molecule has 2 atom stereocenters. The van der Waals surface area contributed by atoms with Gasteiger partial charge in [-0.1, -0.05) is 64.7 Å². The smallest absolute Gasteiger partial charge is 0.270 e. The average Bonchev–Trinajstić information content (AvgIpc) is 3.24. The third kappa shape index (κ3) is 5.75. The summed E-state index contributed by atoms with van der Waals surface area (Å²) in [6.07, 6.45) is 10.7. The SMILES string of the molecule is C=C/C=C(\C=C/CC(O)c1c(C(C)C)nc2c(c1C1=CCCC1)C(O)CC(C)(C)C2)C(C)(F)F. The first kappa shape index (κ1) is 26.5. The molecule has 0 saturated heterocycles. The number of alkyl halides is 2. The van der Waals surface area contributed by atoms with Crippen LogP contribution in [0.25, 0.3) is 5.57 Å². The lowest BCUT2D eigenvalue weighted by Crippen LogP contribution is -2.29. The van der Waals surface area contributed by atoms with Crippen molar-refractivity contribution in [3.8, 4) is 0 Å². The van der Waals surface area contributed by atoms with Gasteiger partial charge in [0.1, 0.15) is 0 Å². The predicted molar refractivity (Wildman–Crippen MR) is 135 cm³/mol. The Hall–Kier alpha value is -2.11. The van der Waals surface area contributed by atoms with Gasteiger partial charge in [-0.25, -0.2) is 8.78 Å². The first-order chi connectivity index (χ1) is 15.9. The zero-order valence-corrected chi connectivity index (χ0v) is 21.2. The zero-order chi connectivity index (χ0) is 25.3. The van der Waals surface area contributed by atoms with Crippen molar-refractivity contribution in [3.63, 3.8) is 0 Å². The third-order valence-electron chi connectivity index (χ3n) is 6.81. The van der Waals surface area contributed by atoms with Crippen molar-refractivity contribution >= 4 is 5.57 Å². The minimum absolute atomic E-state index is 0.0584. The first-order valence-electron chi connectivity index (χ1n) is 12.4. The molecule has 0 aliphatic heterocycles. The molecule has 0 bridgehead atoms. The maximum absolute atomic E-state index is 13.9. The lowest BCUT2D eigenvalue weighted by molar-refractivity contribution is 0.0674. The Morgan fingerprint density at radius 2 is 2.06 bits per heavy atom. The summed E-state index contributed by atoms with van der Waals surface area (Å²) in [4.78, 5) is 5.01. The number of hydrogen-bond donors (Lipinski definition) is 2. The van der Waals surface area contributed by atoms with Crippen LogP contribution in [0.5, 0.6) is 0 Å². The molecule has 0 amide bonds. The Bertz CT molecular complexity index is 1010. The largest absolute Gasteiger partial charge is 0.388 e. The molecule has 186 valence electrons. The summed E-state index contributed by atoms with van der Waals surface area (Å²) < 4.78 is 27.8. The Labute approximate surface area is 203 Å². The lowest BCUT2D eigenvalue weighted by atomic mass is 9.71. The molecule has 1 aromatic heterocycles. The Morgan fingerprint density at radius 1 is 1.35 bits per heavy atom. The van der Waals surface area contributed by atoms with Gasteiger partial charge in [-0.2, -0.15) is 0 Å². The van der Waals surface area contributed by atoms with E-state index in [4.69, 9.17) is 4.98 Å². The van der Waals surface area contributed by atoms with Gasteiger partial charge < -0.3 is 10.2 Å². The van der Waals surface area contributed by atoms with Gasteiger partial charge in [0.05, 0.1) is 12.2 Å². The maximum Gasteiger partial charge on any atom is 0.270 e. The molecule has 5 heteroatoms. The van der Waals surface area contributed by atoms with Crippen LogP contribution in [0.15, 0.2) is 42.5 Å². The highest BCUT2D eigenvalue weighted by Crippen LogP contribution is 2.48. The van der Waals surface area contributed by atoms with Gasteiger partial charge in [0.15, 0.2) is 0 Å². The summed E-state index contributed by atoms with van der Waals surface area (Å²) in [5.74, 6) is -2.93. The van der Waals surface area contributed by atoms with Crippen molar-refractivity contribution < 1.29 is 19.0 Å². The van der Waals surface area contributed by atoms with E-state index in [0.29, 0.717) is 6.42 Å². The molecule has 1 heterocycles. The predicted octanol–water partition coefficient (Wildman–Crippen LogP) is 7.53. The summed E-state index contributed by atoms with van der Waals surface area (Å²) in [7, 11) is 0. The van der Waals surface area contributed by atoms with Crippen molar-refractivity contribution in [3.05, 3.63) is 70.6 Å². The second kappa shape index (κ2) is 10.2. The number of fused-ring (bicyclic) bond motifs is 1. The minimum atomic E-state index is -3.00. The van der Waals surface area contributed by atoms with E-state index in [0.717, 1.165) is 66.3 Å². The van der Waals surface area contributed by atoms with E-state index in [-0.39, 0.29) is 23.3 Å². The van der Waals surface area contributed by atoms with Crippen LogP contribution in [-0.4, -0.2) is 21.1 Å². The fourth-order valence-electron chi connectivity index (χ4n) is 5.27. The third-order valence-corrected chi connectivity index (χ3v) is 6.81. The number of nitrogens with zero attached hydrogens (tertiary/aromatic N) is 1. The number of pyridine rings is 1. The molecule has 3 rings (SSSR count). The van der Waals surface area contributed by atoms with Crippen LogP contribution in [0.1, 0.15) is 113 Å². The highest BCUT2D eigenvalue weighted by Gasteiger charge is 2.38. The highest BCUT2D eigenvalue weighted by atomic mass is 19.3. The topological polar surface area (TPSA) is 53.4 Å². The Morgan fingerprint density at radius 3 is 2.62 bits per heavy atom. The number of hydrogen-bond acceptors (Lipinski definition) is 3. The molecular formula is C29H39F2NO2. The standard InChI is InChI=1S/C29H39F2NO2/c1-7-11-20(29(6,30)31)14-10-15-22(33)26-24(19-12-8-9-13-19)25-21(32-27(26)18(2)3)16-28(4,5)17-23(25)34/h7,10-12,14,18,22-23,33-34H,1,8-9,13,15-17H2,2-6H3/b14-10-,20-11+. The summed E-state index contributed by atoms with van der Waals surface area (Å²) in [6, 6.07) is 0. The van der Waals surface area contributed by atoms with Crippen LogP contribution in [-0.2, 0) is 6.42 Å². The molecule has 2 aliphatic rings. The van der Waals surface area contributed by atoms with Crippen LogP contribution in [0.2, 0.25) is 0 Å². The highest BCUT2D eigenvalue weighted by molar-refractivity contribution is 5.75. The molecule has 0 radical (unpaired) electrons. The van der Waals surface area contributed by atoms with Crippen LogP contribution >= 0.6 is 0 Å². The molecule has 0 spiro atoms. The quantitative estimate of drug-likeness (QED) is 0.385. The fraction of sp³-hybridized carbons (Fsp3) is 0.552. The first-order valence-corrected chi connectivity index (χ1v) is 12.4. The molecular weight excluding hydrogens is 432 g/mol. The molecule has 0 fully saturated rings. The molecule has 2 N–H and O–H groups in total. The maximum atomic E-state index is 13.9. The summed E-state index contributed by atoms with van der Waals surface area (Å²) in [5.41, 5.74) is 5.22. The number of aromatic nitrogens is 1. The van der Waals surface area contributed by atoms with Gasteiger partial charge in [-0.3, -0.25) is 4.98 Å². The van der Waals surface area contributed by atoms with Crippen LogP contribution < -0.4 is 0 Å². The van der Waals surface area contributed by atoms with Gasteiger partial charge in [-0.05, 0) is 61.0 Å². The van der Waals surface area contributed by atoms with Crippen molar-refractivity contribution in [1.82, 2.24) is 4.98 Å². The van der Waals surface area contributed by atoms with E-state index in [9.17, 15) is 19.0 Å². The van der Waals surface area contributed by atoms with Crippen molar-refractivity contribution in [2.75, 3.05) is 0 Å². The van der Waals surface area contributed by atoms with Gasteiger partial charge in [0.25, 0.3) is 5.92 Å².